The molecule has 0 aromatic carbocycles. The molecule has 0 amide bonds. The van der Waals surface area contributed by atoms with E-state index in [-0.39, 0.29) is 0 Å². The summed E-state index contributed by atoms with van der Waals surface area (Å²) < 4.78 is 1.92. The van der Waals surface area contributed by atoms with E-state index in [2.05, 4.69) is 41.4 Å². The van der Waals surface area contributed by atoms with E-state index in [1.54, 1.807) is 0 Å². The average Bonchev–Trinajstić information content (AvgIpc) is 2.95. The molecule has 5 heteroatoms. The van der Waals surface area contributed by atoms with Gasteiger partial charge in [-0.3, -0.25) is 9.78 Å². The largest absolute Gasteiger partial charge is 0.312 e. The Morgan fingerprint density at radius 3 is 2.89 bits per heavy atom. The third-order valence-corrected chi connectivity index (χ3v) is 2.83. The monoisotopic (exact) mass is 247 g/mol. The summed E-state index contributed by atoms with van der Waals surface area (Å²) in [7, 11) is 0. The average molecular weight is 247 g/mol. The Balaban J connectivity index is 2.07. The summed E-state index contributed by atoms with van der Waals surface area (Å²) in [5, 5.41) is 14.9. The summed E-state index contributed by atoms with van der Waals surface area (Å²) in [6.45, 7) is 9.22. The van der Waals surface area contributed by atoms with Gasteiger partial charge < -0.3 is 5.32 Å². The van der Waals surface area contributed by atoms with Crippen LogP contribution < -0.4 is 5.32 Å². The molecule has 0 aliphatic carbocycles. The van der Waals surface area contributed by atoms with Crippen molar-refractivity contribution in [3.8, 4) is 11.3 Å². The molecule has 2 rings (SSSR count). The Bertz CT molecular complexity index is 483. The smallest absolute Gasteiger partial charge is 0.0726 e. The van der Waals surface area contributed by atoms with Crippen LogP contribution in [0.25, 0.3) is 11.3 Å². The van der Waals surface area contributed by atoms with Crippen molar-refractivity contribution >= 4 is 0 Å². The van der Waals surface area contributed by atoms with E-state index in [9.17, 15) is 0 Å². The normalized spacial score (nSPS) is 11.3. The predicted molar refractivity (Wildman–Crippen MR) is 72.0 cm³/mol. The molecule has 2 N–H and O–H groups in total. The van der Waals surface area contributed by atoms with Crippen LogP contribution in [0.1, 0.15) is 26.3 Å². The number of nitrogens with zero attached hydrogens (tertiary/aromatic N) is 3. The fraction of sp³-hybridized carbons (Fsp3) is 0.538. The molecule has 0 spiro atoms. The number of aryl methyl sites for hydroxylation is 1. The van der Waals surface area contributed by atoms with Gasteiger partial charge in [-0.2, -0.15) is 10.2 Å². The summed E-state index contributed by atoms with van der Waals surface area (Å²) in [5.41, 5.74) is 3.34. The first-order valence-electron chi connectivity index (χ1n) is 6.46. The van der Waals surface area contributed by atoms with Gasteiger partial charge in [0.15, 0.2) is 0 Å². The number of nitrogens with one attached hydrogen (secondary N) is 2. The number of rotatable bonds is 6. The SMILES string of the molecule is CCn1cc(-c2[nH]ncc2CNCC(C)C)cn1. The lowest BCUT2D eigenvalue weighted by molar-refractivity contribution is 0.553. The molecule has 0 aliphatic heterocycles. The molecule has 2 aromatic heterocycles. The molecule has 0 atom stereocenters. The highest BCUT2D eigenvalue weighted by molar-refractivity contribution is 5.60. The molecule has 0 saturated heterocycles. The van der Waals surface area contributed by atoms with Gasteiger partial charge in [0.05, 0.1) is 18.1 Å². The lowest BCUT2D eigenvalue weighted by atomic mass is 10.1. The van der Waals surface area contributed by atoms with E-state index in [0.29, 0.717) is 5.92 Å². The van der Waals surface area contributed by atoms with E-state index in [0.717, 1.165) is 30.9 Å². The van der Waals surface area contributed by atoms with Crippen LogP contribution in [0, 0.1) is 5.92 Å². The van der Waals surface area contributed by atoms with E-state index < -0.39 is 0 Å². The first-order chi connectivity index (χ1) is 8.70. The maximum atomic E-state index is 4.29. The molecule has 0 unspecified atom stereocenters. The molecule has 2 aromatic rings. The van der Waals surface area contributed by atoms with Crippen LogP contribution >= 0.6 is 0 Å². The molecule has 0 saturated carbocycles. The van der Waals surface area contributed by atoms with Crippen LogP contribution in [-0.4, -0.2) is 26.5 Å². The van der Waals surface area contributed by atoms with Crippen LogP contribution in [0.15, 0.2) is 18.6 Å². The van der Waals surface area contributed by atoms with Crippen molar-refractivity contribution in [2.24, 2.45) is 5.92 Å². The number of hydrogen-bond acceptors (Lipinski definition) is 3. The van der Waals surface area contributed by atoms with Crippen LogP contribution in [0.2, 0.25) is 0 Å². The lowest BCUT2D eigenvalue weighted by Crippen LogP contribution is -2.19. The third-order valence-electron chi connectivity index (χ3n) is 2.83. The van der Waals surface area contributed by atoms with E-state index in [4.69, 9.17) is 0 Å². The molecule has 0 bridgehead atoms. The first kappa shape index (κ1) is 12.8. The van der Waals surface area contributed by atoms with Crippen molar-refractivity contribution in [1.29, 1.82) is 0 Å². The molecule has 98 valence electrons. The fourth-order valence-corrected chi connectivity index (χ4v) is 1.86. The topological polar surface area (TPSA) is 58.5 Å². The van der Waals surface area contributed by atoms with Gasteiger partial charge in [0.25, 0.3) is 0 Å². The zero-order valence-electron chi connectivity index (χ0n) is 11.3. The van der Waals surface area contributed by atoms with Crippen LogP contribution in [0.4, 0.5) is 0 Å². The van der Waals surface area contributed by atoms with E-state index >= 15 is 0 Å². The molecule has 18 heavy (non-hydrogen) atoms. The molecule has 2 heterocycles. The van der Waals surface area contributed by atoms with Crippen molar-refractivity contribution in [2.45, 2.75) is 33.9 Å². The Kier molecular flexibility index (Phi) is 4.15. The minimum Gasteiger partial charge on any atom is -0.312 e. The molecular weight excluding hydrogens is 226 g/mol. The summed E-state index contributed by atoms with van der Waals surface area (Å²) in [6, 6.07) is 0. The van der Waals surface area contributed by atoms with Gasteiger partial charge in [0, 0.05) is 30.4 Å². The Labute approximate surface area is 108 Å². The van der Waals surface area contributed by atoms with Crippen molar-refractivity contribution in [3.63, 3.8) is 0 Å². The van der Waals surface area contributed by atoms with Crippen LogP contribution in [0.5, 0.6) is 0 Å². The zero-order chi connectivity index (χ0) is 13.0. The third kappa shape index (κ3) is 2.98. The zero-order valence-corrected chi connectivity index (χ0v) is 11.3. The first-order valence-corrected chi connectivity index (χ1v) is 6.46. The number of aromatic amines is 1. The highest BCUT2D eigenvalue weighted by Crippen LogP contribution is 2.20. The van der Waals surface area contributed by atoms with Crippen LogP contribution in [-0.2, 0) is 13.1 Å². The fourth-order valence-electron chi connectivity index (χ4n) is 1.86. The minimum atomic E-state index is 0.656. The van der Waals surface area contributed by atoms with Crippen molar-refractivity contribution in [3.05, 3.63) is 24.2 Å². The summed E-state index contributed by atoms with van der Waals surface area (Å²) >= 11 is 0. The molecular formula is C13H21N5. The predicted octanol–water partition coefficient (Wildman–Crippen LogP) is 2.04. The highest BCUT2D eigenvalue weighted by atomic mass is 15.3. The second-order valence-electron chi connectivity index (χ2n) is 4.88. The van der Waals surface area contributed by atoms with Gasteiger partial charge in [0.1, 0.15) is 0 Å². The van der Waals surface area contributed by atoms with Gasteiger partial charge >= 0.3 is 0 Å². The second kappa shape index (κ2) is 5.82. The molecule has 0 aliphatic rings. The molecule has 5 nitrogen and oxygen atoms in total. The van der Waals surface area contributed by atoms with Gasteiger partial charge in [-0.1, -0.05) is 13.8 Å². The second-order valence-corrected chi connectivity index (χ2v) is 4.88. The lowest BCUT2D eigenvalue weighted by Gasteiger charge is -2.06. The molecule has 0 fully saturated rings. The standard InChI is InChI=1S/C13H21N5/c1-4-18-9-12(8-16-18)13-11(7-15-17-13)6-14-5-10(2)3/h7-10,14H,4-6H2,1-3H3,(H,15,17). The Morgan fingerprint density at radius 2 is 2.22 bits per heavy atom. The molecule has 0 radical (unpaired) electrons. The number of H-pyrrole nitrogens is 1. The van der Waals surface area contributed by atoms with E-state index in [1.165, 1.54) is 5.56 Å². The maximum absolute atomic E-state index is 4.29. The summed E-state index contributed by atoms with van der Waals surface area (Å²) in [6.07, 6.45) is 5.80. The van der Waals surface area contributed by atoms with Crippen molar-refractivity contribution in [2.75, 3.05) is 6.54 Å². The summed E-state index contributed by atoms with van der Waals surface area (Å²) in [5.74, 6) is 0.656. The number of hydrogen-bond donors (Lipinski definition) is 2. The van der Waals surface area contributed by atoms with Gasteiger partial charge in [-0.25, -0.2) is 0 Å². The Morgan fingerprint density at radius 1 is 1.39 bits per heavy atom. The van der Waals surface area contributed by atoms with Crippen LogP contribution in [0.3, 0.4) is 0 Å². The Hall–Kier alpha value is -1.62. The van der Waals surface area contributed by atoms with Crippen molar-refractivity contribution in [1.82, 2.24) is 25.3 Å². The maximum Gasteiger partial charge on any atom is 0.0726 e. The van der Waals surface area contributed by atoms with E-state index in [1.807, 2.05) is 23.3 Å². The summed E-state index contributed by atoms with van der Waals surface area (Å²) in [4.78, 5) is 0. The number of aromatic nitrogens is 4. The highest BCUT2D eigenvalue weighted by Gasteiger charge is 2.09. The quantitative estimate of drug-likeness (QED) is 0.821. The van der Waals surface area contributed by atoms with Gasteiger partial charge in [-0.05, 0) is 19.4 Å². The minimum absolute atomic E-state index is 0.656. The van der Waals surface area contributed by atoms with Crippen molar-refractivity contribution < 1.29 is 0 Å². The van der Waals surface area contributed by atoms with Gasteiger partial charge in [-0.15, -0.1) is 0 Å². The van der Waals surface area contributed by atoms with Gasteiger partial charge in [0.2, 0.25) is 0 Å².